The summed E-state index contributed by atoms with van der Waals surface area (Å²) in [6.07, 6.45) is 6.67. The minimum absolute atomic E-state index is 0.304. The summed E-state index contributed by atoms with van der Waals surface area (Å²) < 4.78 is 0. The molecule has 0 aliphatic heterocycles. The molecule has 0 aromatic heterocycles. The van der Waals surface area contributed by atoms with Gasteiger partial charge < -0.3 is 5.11 Å². The second-order valence-electron chi connectivity index (χ2n) is 5.27. The molecule has 0 saturated heterocycles. The summed E-state index contributed by atoms with van der Waals surface area (Å²) in [5.74, 6) is -0.631. The van der Waals surface area contributed by atoms with Gasteiger partial charge in [-0.05, 0) is 36.3 Å². The normalized spacial score (nSPS) is 18.5. The van der Waals surface area contributed by atoms with E-state index in [9.17, 15) is 9.90 Å². The van der Waals surface area contributed by atoms with E-state index < -0.39 is 5.97 Å². The lowest BCUT2D eigenvalue weighted by Gasteiger charge is -2.29. The van der Waals surface area contributed by atoms with Gasteiger partial charge in [-0.1, -0.05) is 50.5 Å². The fraction of sp³-hybridized carbons (Fsp3) is 0.562. The van der Waals surface area contributed by atoms with Crippen LogP contribution in [0.3, 0.4) is 0 Å². The largest absolute Gasteiger partial charge is 0.481 e. The fourth-order valence-electron chi connectivity index (χ4n) is 3.22. The van der Waals surface area contributed by atoms with E-state index in [-0.39, 0.29) is 5.92 Å². The number of benzene rings is 1. The number of hydrogen-bond acceptors (Lipinski definition) is 1. The Balaban J connectivity index is 2.31. The molecule has 1 atom stereocenters. The maximum absolute atomic E-state index is 11.7. The molecule has 1 aromatic carbocycles. The third kappa shape index (κ3) is 2.74. The average molecular weight is 246 g/mol. The van der Waals surface area contributed by atoms with E-state index in [1.165, 1.54) is 24.8 Å². The summed E-state index contributed by atoms with van der Waals surface area (Å²) in [6.45, 7) is 2.10. The van der Waals surface area contributed by atoms with Crippen molar-refractivity contribution in [1.82, 2.24) is 0 Å². The molecule has 0 amide bonds. The first-order valence-electron chi connectivity index (χ1n) is 7.04. The maximum atomic E-state index is 11.7. The Bertz CT molecular complexity index is 405. The van der Waals surface area contributed by atoms with E-state index in [1.807, 2.05) is 18.2 Å². The van der Waals surface area contributed by atoms with Gasteiger partial charge in [0, 0.05) is 0 Å². The van der Waals surface area contributed by atoms with E-state index in [0.717, 1.165) is 24.8 Å². The predicted octanol–water partition coefficient (Wildman–Crippen LogP) is 4.00. The molecular formula is C16H22O2. The summed E-state index contributed by atoms with van der Waals surface area (Å²) in [6, 6.07) is 8.04. The first kappa shape index (κ1) is 13.1. The molecule has 1 aliphatic carbocycles. The zero-order chi connectivity index (χ0) is 13.0. The second-order valence-corrected chi connectivity index (χ2v) is 5.27. The molecule has 1 fully saturated rings. The van der Waals surface area contributed by atoms with Crippen molar-refractivity contribution in [3.8, 4) is 0 Å². The smallest absolute Gasteiger partial charge is 0.311 e. The molecule has 18 heavy (non-hydrogen) atoms. The highest BCUT2D eigenvalue weighted by Gasteiger charge is 2.31. The van der Waals surface area contributed by atoms with Crippen LogP contribution in [0, 0.1) is 5.92 Å². The van der Waals surface area contributed by atoms with Gasteiger partial charge in [0.15, 0.2) is 0 Å². The van der Waals surface area contributed by atoms with Gasteiger partial charge in [-0.25, -0.2) is 0 Å². The third-order valence-electron chi connectivity index (χ3n) is 4.16. The molecule has 0 heterocycles. The lowest BCUT2D eigenvalue weighted by Crippen LogP contribution is -2.24. The van der Waals surface area contributed by atoms with Gasteiger partial charge in [-0.3, -0.25) is 4.79 Å². The van der Waals surface area contributed by atoms with Crippen molar-refractivity contribution < 1.29 is 9.90 Å². The molecule has 1 aliphatic rings. The number of carboxylic acids is 1. The minimum atomic E-state index is -0.650. The van der Waals surface area contributed by atoms with Crippen molar-refractivity contribution >= 4 is 5.97 Å². The molecule has 0 radical (unpaired) electrons. The Labute approximate surface area is 109 Å². The Kier molecular flexibility index (Phi) is 4.40. The van der Waals surface area contributed by atoms with Crippen molar-refractivity contribution in [3.05, 3.63) is 35.4 Å². The van der Waals surface area contributed by atoms with E-state index in [4.69, 9.17) is 0 Å². The number of rotatable bonds is 4. The molecule has 2 rings (SSSR count). The van der Waals surface area contributed by atoms with Crippen LogP contribution in [-0.4, -0.2) is 11.1 Å². The zero-order valence-corrected chi connectivity index (χ0v) is 11.1. The number of aliphatic carboxylic acids is 1. The topological polar surface area (TPSA) is 37.3 Å². The Hall–Kier alpha value is -1.31. The average Bonchev–Trinajstić information content (AvgIpc) is 2.40. The molecule has 1 saturated carbocycles. The van der Waals surface area contributed by atoms with E-state index in [0.29, 0.717) is 5.92 Å². The molecule has 1 unspecified atom stereocenters. The summed E-state index contributed by atoms with van der Waals surface area (Å²) in [4.78, 5) is 11.7. The second kappa shape index (κ2) is 6.03. The molecule has 0 bridgehead atoms. The molecule has 2 nitrogen and oxygen atoms in total. The molecule has 1 aromatic rings. The summed E-state index contributed by atoms with van der Waals surface area (Å²) in [7, 11) is 0. The molecule has 2 heteroatoms. The van der Waals surface area contributed by atoms with Crippen molar-refractivity contribution in [2.45, 2.75) is 51.4 Å². The molecule has 98 valence electrons. The molecule has 1 N–H and O–H groups in total. The highest BCUT2D eigenvalue weighted by atomic mass is 16.4. The van der Waals surface area contributed by atoms with Crippen molar-refractivity contribution in [3.63, 3.8) is 0 Å². The van der Waals surface area contributed by atoms with Crippen LogP contribution in [0.25, 0.3) is 0 Å². The van der Waals surface area contributed by atoms with Crippen LogP contribution in [0.2, 0.25) is 0 Å². The van der Waals surface area contributed by atoms with Crippen molar-refractivity contribution in [2.75, 3.05) is 0 Å². The fourth-order valence-corrected chi connectivity index (χ4v) is 3.22. The van der Waals surface area contributed by atoms with Crippen LogP contribution in [-0.2, 0) is 11.2 Å². The standard InChI is InChI=1S/C16H22O2/c1-2-12-8-6-7-11-14(12)15(16(17)18)13-9-4-3-5-10-13/h6-8,11,13,15H,2-5,9-10H2,1H3,(H,17,18). The first-order valence-corrected chi connectivity index (χ1v) is 7.04. The zero-order valence-electron chi connectivity index (χ0n) is 11.1. The van der Waals surface area contributed by atoms with Gasteiger partial charge in [0.05, 0.1) is 5.92 Å². The number of carboxylic acid groups (broad SMARTS) is 1. The lowest BCUT2D eigenvalue weighted by atomic mass is 9.75. The quantitative estimate of drug-likeness (QED) is 0.872. The van der Waals surface area contributed by atoms with Crippen LogP contribution in [0.5, 0.6) is 0 Å². The third-order valence-corrected chi connectivity index (χ3v) is 4.16. The van der Waals surface area contributed by atoms with E-state index >= 15 is 0 Å². The number of carbonyl (C=O) groups is 1. The number of aryl methyl sites for hydroxylation is 1. The van der Waals surface area contributed by atoms with Gasteiger partial charge in [0.2, 0.25) is 0 Å². The highest BCUT2D eigenvalue weighted by molar-refractivity contribution is 5.77. The summed E-state index contributed by atoms with van der Waals surface area (Å²) in [5, 5.41) is 9.60. The van der Waals surface area contributed by atoms with Crippen LogP contribution in [0.1, 0.15) is 56.1 Å². The van der Waals surface area contributed by atoms with Crippen molar-refractivity contribution in [2.24, 2.45) is 5.92 Å². The Morgan fingerprint density at radius 2 is 1.94 bits per heavy atom. The van der Waals surface area contributed by atoms with Crippen molar-refractivity contribution in [1.29, 1.82) is 0 Å². The maximum Gasteiger partial charge on any atom is 0.311 e. The molecular weight excluding hydrogens is 224 g/mol. The van der Waals surface area contributed by atoms with Gasteiger partial charge in [0.25, 0.3) is 0 Å². The van der Waals surface area contributed by atoms with Crippen LogP contribution in [0.4, 0.5) is 0 Å². The van der Waals surface area contributed by atoms with Gasteiger partial charge in [-0.2, -0.15) is 0 Å². The Morgan fingerprint density at radius 3 is 2.56 bits per heavy atom. The van der Waals surface area contributed by atoms with Gasteiger partial charge in [0.1, 0.15) is 0 Å². The van der Waals surface area contributed by atoms with E-state index in [2.05, 4.69) is 13.0 Å². The summed E-state index contributed by atoms with van der Waals surface area (Å²) >= 11 is 0. The number of hydrogen-bond donors (Lipinski definition) is 1. The van der Waals surface area contributed by atoms with Crippen LogP contribution >= 0.6 is 0 Å². The first-order chi connectivity index (χ1) is 8.74. The Morgan fingerprint density at radius 1 is 1.28 bits per heavy atom. The van der Waals surface area contributed by atoms with Crippen LogP contribution in [0.15, 0.2) is 24.3 Å². The van der Waals surface area contributed by atoms with Gasteiger partial charge >= 0.3 is 5.97 Å². The predicted molar refractivity (Wildman–Crippen MR) is 72.8 cm³/mol. The van der Waals surface area contributed by atoms with Crippen LogP contribution < -0.4 is 0 Å². The summed E-state index contributed by atoms with van der Waals surface area (Å²) in [5.41, 5.74) is 2.23. The van der Waals surface area contributed by atoms with E-state index in [1.54, 1.807) is 0 Å². The van der Waals surface area contributed by atoms with Gasteiger partial charge in [-0.15, -0.1) is 0 Å². The lowest BCUT2D eigenvalue weighted by molar-refractivity contribution is -0.140. The monoisotopic (exact) mass is 246 g/mol. The highest BCUT2D eigenvalue weighted by Crippen LogP contribution is 2.37. The molecule has 0 spiro atoms. The SMILES string of the molecule is CCc1ccccc1C(C(=O)O)C1CCCCC1. The minimum Gasteiger partial charge on any atom is -0.481 e.